The Balaban J connectivity index is 1.84. The topological polar surface area (TPSA) is 28.2 Å². The molecule has 1 aromatic rings. The summed E-state index contributed by atoms with van der Waals surface area (Å²) in [7, 11) is 0. The molecule has 2 heterocycles. The second kappa shape index (κ2) is 7.85. The van der Waals surface area contributed by atoms with E-state index in [-0.39, 0.29) is 0 Å². The Morgan fingerprint density at radius 2 is 1.89 bits per heavy atom. The van der Waals surface area contributed by atoms with Gasteiger partial charge in [0.2, 0.25) is 0 Å². The smallest absolute Gasteiger partial charge is 0.185 e. The van der Waals surface area contributed by atoms with Crippen LogP contribution < -0.4 is 10.2 Å². The van der Waals surface area contributed by atoms with Gasteiger partial charge in [0.05, 0.1) is 0 Å². The van der Waals surface area contributed by atoms with Crippen LogP contribution in [0.1, 0.15) is 50.8 Å². The normalized spacial score (nSPS) is 17.5. The molecule has 1 N–H and O–H groups in total. The average molecular weight is 281 g/mol. The summed E-state index contributed by atoms with van der Waals surface area (Å²) < 4.78 is 0. The molecule has 1 aromatic heterocycles. The monoisotopic (exact) mass is 281 g/mol. The van der Waals surface area contributed by atoms with Crippen LogP contribution in [0.2, 0.25) is 0 Å². The minimum absolute atomic E-state index is 0.710. The Morgan fingerprint density at radius 3 is 2.58 bits per heavy atom. The second-order valence-corrected chi connectivity index (χ2v) is 6.98. The van der Waals surface area contributed by atoms with E-state index < -0.39 is 0 Å². The molecule has 2 rings (SSSR count). The Morgan fingerprint density at radius 1 is 1.21 bits per heavy atom. The fraction of sp³-hybridized carbons (Fsp3) is 0.800. The van der Waals surface area contributed by atoms with E-state index in [0.29, 0.717) is 5.92 Å². The third kappa shape index (κ3) is 5.11. The molecular formula is C15H27N3S. The molecular weight excluding hydrogens is 254 g/mol. The van der Waals surface area contributed by atoms with Crippen molar-refractivity contribution in [2.24, 2.45) is 5.92 Å². The van der Waals surface area contributed by atoms with Gasteiger partial charge in [-0.05, 0) is 25.3 Å². The third-order valence-electron chi connectivity index (χ3n) is 3.52. The SMILES string of the molecule is CC(C)CNCc1cnc(N2CCCCCCC2)s1. The first-order chi connectivity index (χ1) is 9.25. The van der Waals surface area contributed by atoms with Crippen molar-refractivity contribution in [1.29, 1.82) is 0 Å². The first-order valence-electron chi connectivity index (χ1n) is 7.66. The zero-order valence-corrected chi connectivity index (χ0v) is 13.1. The number of aromatic nitrogens is 1. The van der Waals surface area contributed by atoms with Crippen LogP contribution in [0.5, 0.6) is 0 Å². The molecule has 1 aliphatic heterocycles. The fourth-order valence-electron chi connectivity index (χ4n) is 2.45. The standard InChI is InChI=1S/C15H27N3S/c1-13(2)10-16-11-14-12-17-15(19-14)18-8-6-4-3-5-7-9-18/h12-13,16H,3-11H2,1-2H3. The van der Waals surface area contributed by atoms with Crippen LogP contribution in [0.3, 0.4) is 0 Å². The molecule has 0 aliphatic carbocycles. The van der Waals surface area contributed by atoms with Crippen LogP contribution >= 0.6 is 11.3 Å². The molecule has 1 saturated heterocycles. The van der Waals surface area contributed by atoms with Crippen LogP contribution in [-0.4, -0.2) is 24.6 Å². The van der Waals surface area contributed by atoms with Gasteiger partial charge < -0.3 is 10.2 Å². The van der Waals surface area contributed by atoms with E-state index in [1.807, 2.05) is 17.5 Å². The van der Waals surface area contributed by atoms with Crippen LogP contribution in [-0.2, 0) is 6.54 Å². The molecule has 108 valence electrons. The molecule has 0 aromatic carbocycles. The molecule has 1 aliphatic rings. The number of anilines is 1. The first-order valence-corrected chi connectivity index (χ1v) is 8.47. The molecule has 19 heavy (non-hydrogen) atoms. The van der Waals surface area contributed by atoms with Crippen molar-refractivity contribution in [3.63, 3.8) is 0 Å². The molecule has 0 saturated carbocycles. The molecule has 0 radical (unpaired) electrons. The zero-order valence-electron chi connectivity index (χ0n) is 12.3. The second-order valence-electron chi connectivity index (χ2n) is 5.89. The minimum atomic E-state index is 0.710. The maximum Gasteiger partial charge on any atom is 0.185 e. The van der Waals surface area contributed by atoms with Crippen molar-refractivity contribution >= 4 is 16.5 Å². The van der Waals surface area contributed by atoms with Crippen molar-refractivity contribution < 1.29 is 0 Å². The predicted molar refractivity (Wildman–Crippen MR) is 84.0 cm³/mol. The number of rotatable bonds is 5. The van der Waals surface area contributed by atoms with Crippen molar-refractivity contribution in [3.05, 3.63) is 11.1 Å². The number of nitrogens with one attached hydrogen (secondary N) is 1. The largest absolute Gasteiger partial charge is 0.348 e. The highest BCUT2D eigenvalue weighted by Crippen LogP contribution is 2.24. The molecule has 3 nitrogen and oxygen atoms in total. The van der Waals surface area contributed by atoms with Gasteiger partial charge in [-0.2, -0.15) is 0 Å². The average Bonchev–Trinajstić information content (AvgIpc) is 2.76. The molecule has 0 spiro atoms. The Labute approximate surface area is 121 Å². The van der Waals surface area contributed by atoms with E-state index in [0.717, 1.165) is 13.1 Å². The van der Waals surface area contributed by atoms with Crippen molar-refractivity contribution in [3.8, 4) is 0 Å². The molecule has 0 bridgehead atoms. The summed E-state index contributed by atoms with van der Waals surface area (Å²) in [5.74, 6) is 0.710. The van der Waals surface area contributed by atoms with Gasteiger partial charge in [-0.3, -0.25) is 0 Å². The highest BCUT2D eigenvalue weighted by atomic mass is 32.1. The number of thiazole rings is 1. The fourth-order valence-corrected chi connectivity index (χ4v) is 3.38. The number of nitrogens with zero attached hydrogens (tertiary/aromatic N) is 2. The summed E-state index contributed by atoms with van der Waals surface area (Å²) in [5.41, 5.74) is 0. The summed E-state index contributed by atoms with van der Waals surface area (Å²) in [5, 5.41) is 4.72. The van der Waals surface area contributed by atoms with Crippen LogP contribution in [0.4, 0.5) is 5.13 Å². The van der Waals surface area contributed by atoms with Crippen LogP contribution in [0.25, 0.3) is 0 Å². The molecule has 1 fully saturated rings. The zero-order chi connectivity index (χ0) is 13.5. The summed E-state index contributed by atoms with van der Waals surface area (Å²) in [6.07, 6.45) is 8.86. The molecule has 0 atom stereocenters. The summed E-state index contributed by atoms with van der Waals surface area (Å²) in [6, 6.07) is 0. The maximum atomic E-state index is 4.61. The third-order valence-corrected chi connectivity index (χ3v) is 4.58. The molecule has 0 unspecified atom stereocenters. The Hall–Kier alpha value is -0.610. The summed E-state index contributed by atoms with van der Waals surface area (Å²) >= 11 is 1.86. The van der Waals surface area contributed by atoms with Crippen LogP contribution in [0.15, 0.2) is 6.20 Å². The van der Waals surface area contributed by atoms with Crippen molar-refractivity contribution in [2.45, 2.75) is 52.5 Å². The van der Waals surface area contributed by atoms with Crippen molar-refractivity contribution in [1.82, 2.24) is 10.3 Å². The number of hydrogen-bond donors (Lipinski definition) is 1. The van der Waals surface area contributed by atoms with Gasteiger partial charge in [-0.1, -0.05) is 33.1 Å². The quantitative estimate of drug-likeness (QED) is 0.893. The van der Waals surface area contributed by atoms with Gasteiger partial charge in [0.15, 0.2) is 5.13 Å². The van der Waals surface area contributed by atoms with Gasteiger partial charge in [-0.15, -0.1) is 11.3 Å². The lowest BCUT2D eigenvalue weighted by atomic mass is 10.1. The summed E-state index contributed by atoms with van der Waals surface area (Å²) in [4.78, 5) is 8.46. The lowest BCUT2D eigenvalue weighted by Crippen LogP contribution is -2.26. The van der Waals surface area contributed by atoms with E-state index in [1.54, 1.807) is 0 Å². The Kier molecular flexibility index (Phi) is 6.11. The molecule has 4 heteroatoms. The predicted octanol–water partition coefficient (Wildman–Crippen LogP) is 3.66. The molecule has 0 amide bonds. The van der Waals surface area contributed by atoms with Gasteiger partial charge in [-0.25, -0.2) is 4.98 Å². The van der Waals surface area contributed by atoms with E-state index in [1.165, 1.54) is 55.2 Å². The lowest BCUT2D eigenvalue weighted by Gasteiger charge is -2.23. The van der Waals surface area contributed by atoms with E-state index in [4.69, 9.17) is 0 Å². The van der Waals surface area contributed by atoms with Gasteiger partial charge in [0, 0.05) is 30.7 Å². The van der Waals surface area contributed by atoms with Crippen LogP contribution in [0, 0.1) is 5.92 Å². The van der Waals surface area contributed by atoms with Crippen molar-refractivity contribution in [2.75, 3.05) is 24.5 Å². The van der Waals surface area contributed by atoms with Gasteiger partial charge in [0.1, 0.15) is 0 Å². The summed E-state index contributed by atoms with van der Waals surface area (Å²) in [6.45, 7) is 8.90. The highest BCUT2D eigenvalue weighted by Gasteiger charge is 2.12. The Bertz CT molecular complexity index is 354. The minimum Gasteiger partial charge on any atom is -0.348 e. The van der Waals surface area contributed by atoms with E-state index in [9.17, 15) is 0 Å². The van der Waals surface area contributed by atoms with Gasteiger partial charge >= 0.3 is 0 Å². The van der Waals surface area contributed by atoms with E-state index >= 15 is 0 Å². The first kappa shape index (κ1) is 14.8. The number of hydrogen-bond acceptors (Lipinski definition) is 4. The van der Waals surface area contributed by atoms with E-state index in [2.05, 4.69) is 29.0 Å². The lowest BCUT2D eigenvalue weighted by molar-refractivity contribution is 0.554. The van der Waals surface area contributed by atoms with Gasteiger partial charge in [0.25, 0.3) is 0 Å². The maximum absolute atomic E-state index is 4.61. The highest BCUT2D eigenvalue weighted by molar-refractivity contribution is 7.15.